The average Bonchev–Trinajstić information content (AvgIpc) is 2.61. The summed E-state index contributed by atoms with van der Waals surface area (Å²) >= 11 is 0. The zero-order valence-electron chi connectivity index (χ0n) is 16.7. The Kier molecular flexibility index (Phi) is 8.57. The minimum absolute atomic E-state index is 0.0393. The molecule has 0 heterocycles. The molecule has 2 aromatic rings. The quantitative estimate of drug-likeness (QED) is 0.460. The summed E-state index contributed by atoms with van der Waals surface area (Å²) in [7, 11) is -3.86. The molecule has 0 aromatic heterocycles. The van der Waals surface area contributed by atoms with E-state index >= 15 is 0 Å². The Labute approximate surface area is 158 Å². The molecule has 0 saturated carbocycles. The first-order valence-electron chi connectivity index (χ1n) is 9.46. The van der Waals surface area contributed by atoms with Gasteiger partial charge in [-0.15, -0.1) is 0 Å². The molecule has 0 unspecified atom stereocenters. The number of hydrogen-bond acceptors (Lipinski definition) is 3. The molecule has 0 bridgehead atoms. The minimum Gasteiger partial charge on any atom is -0.385 e. The standard InChI is InChI=1S/C19H27NO3S.C2H6/c1-4-19(2,3)18-16-10-6-5-9-15(16)11-12-17(18)20-13-7-8-14-24(21,22)23;1-2/h5-6,9-12,20H,4,7-8,13-14H2,1-3H3,(H,21,22,23);1-2H3. The first-order chi connectivity index (χ1) is 12.2. The lowest BCUT2D eigenvalue weighted by Crippen LogP contribution is -2.19. The van der Waals surface area contributed by atoms with E-state index in [1.165, 1.54) is 16.3 Å². The third kappa shape index (κ3) is 6.29. The van der Waals surface area contributed by atoms with E-state index < -0.39 is 10.1 Å². The van der Waals surface area contributed by atoms with Crippen LogP contribution in [0.5, 0.6) is 0 Å². The van der Waals surface area contributed by atoms with Crippen molar-refractivity contribution >= 4 is 26.6 Å². The highest BCUT2D eigenvalue weighted by atomic mass is 32.2. The molecule has 0 saturated heterocycles. The van der Waals surface area contributed by atoms with Crippen LogP contribution < -0.4 is 5.32 Å². The van der Waals surface area contributed by atoms with Gasteiger partial charge in [0.05, 0.1) is 5.75 Å². The molecule has 0 aliphatic rings. The van der Waals surface area contributed by atoms with Crippen LogP contribution in [0.4, 0.5) is 5.69 Å². The molecule has 0 amide bonds. The van der Waals surface area contributed by atoms with Crippen molar-refractivity contribution in [2.75, 3.05) is 17.6 Å². The van der Waals surface area contributed by atoms with E-state index in [-0.39, 0.29) is 11.2 Å². The number of benzene rings is 2. The number of hydrogen-bond donors (Lipinski definition) is 2. The highest BCUT2D eigenvalue weighted by molar-refractivity contribution is 7.85. The van der Waals surface area contributed by atoms with Crippen molar-refractivity contribution in [1.82, 2.24) is 0 Å². The Hall–Kier alpha value is -1.59. The van der Waals surface area contributed by atoms with Gasteiger partial charge in [0.25, 0.3) is 10.1 Å². The number of anilines is 1. The van der Waals surface area contributed by atoms with E-state index in [9.17, 15) is 8.42 Å². The van der Waals surface area contributed by atoms with Crippen LogP contribution in [0, 0.1) is 0 Å². The summed E-state index contributed by atoms with van der Waals surface area (Å²) in [5, 5.41) is 5.94. The predicted molar refractivity (Wildman–Crippen MR) is 113 cm³/mol. The number of nitrogens with one attached hydrogen (secondary N) is 1. The lowest BCUT2D eigenvalue weighted by molar-refractivity contribution is 0.480. The lowest BCUT2D eigenvalue weighted by Gasteiger charge is -2.28. The largest absolute Gasteiger partial charge is 0.385 e. The Morgan fingerprint density at radius 3 is 2.31 bits per heavy atom. The summed E-state index contributed by atoms with van der Waals surface area (Å²) in [6.07, 6.45) is 2.17. The Morgan fingerprint density at radius 1 is 1.04 bits per heavy atom. The Morgan fingerprint density at radius 2 is 1.69 bits per heavy atom. The molecule has 2 rings (SSSR count). The second kappa shape index (κ2) is 9.93. The molecule has 5 heteroatoms. The third-order valence-corrected chi connectivity index (χ3v) is 5.44. The van der Waals surface area contributed by atoms with Crippen LogP contribution in [0.25, 0.3) is 10.8 Å². The maximum absolute atomic E-state index is 10.8. The maximum Gasteiger partial charge on any atom is 0.264 e. The van der Waals surface area contributed by atoms with E-state index in [1.807, 2.05) is 19.9 Å². The monoisotopic (exact) mass is 379 g/mol. The van der Waals surface area contributed by atoms with Gasteiger partial charge in [-0.2, -0.15) is 8.42 Å². The second-order valence-electron chi connectivity index (χ2n) is 6.87. The van der Waals surface area contributed by atoms with Crippen LogP contribution in [0.1, 0.15) is 59.4 Å². The summed E-state index contributed by atoms with van der Waals surface area (Å²) < 4.78 is 30.3. The van der Waals surface area contributed by atoms with Gasteiger partial charge in [0.15, 0.2) is 0 Å². The molecule has 0 fully saturated rings. The normalized spacial score (nSPS) is 11.8. The molecule has 4 nitrogen and oxygen atoms in total. The van der Waals surface area contributed by atoms with Gasteiger partial charge in [-0.25, -0.2) is 0 Å². The molecule has 2 N–H and O–H groups in total. The molecule has 0 aliphatic heterocycles. The predicted octanol–water partition coefficient (Wildman–Crippen LogP) is 5.63. The smallest absolute Gasteiger partial charge is 0.264 e. The van der Waals surface area contributed by atoms with Gasteiger partial charge in [-0.3, -0.25) is 4.55 Å². The van der Waals surface area contributed by atoms with Crippen molar-refractivity contribution in [3.8, 4) is 0 Å². The van der Waals surface area contributed by atoms with Crippen molar-refractivity contribution in [2.24, 2.45) is 0 Å². The fraction of sp³-hybridized carbons (Fsp3) is 0.524. The zero-order chi connectivity index (χ0) is 19.8. The third-order valence-electron chi connectivity index (χ3n) is 4.63. The number of unbranched alkanes of at least 4 members (excludes halogenated alkanes) is 1. The summed E-state index contributed by atoms with van der Waals surface area (Å²) in [5.74, 6) is -0.181. The maximum atomic E-state index is 10.8. The van der Waals surface area contributed by atoms with Crippen molar-refractivity contribution in [3.63, 3.8) is 0 Å². The number of rotatable bonds is 8. The van der Waals surface area contributed by atoms with Gasteiger partial charge in [0.1, 0.15) is 0 Å². The van der Waals surface area contributed by atoms with Gasteiger partial charge in [-0.1, -0.05) is 65.0 Å². The fourth-order valence-corrected chi connectivity index (χ4v) is 3.53. The molecule has 146 valence electrons. The molecular weight excluding hydrogens is 346 g/mol. The van der Waals surface area contributed by atoms with Gasteiger partial charge in [0.2, 0.25) is 0 Å². The van der Waals surface area contributed by atoms with Crippen molar-refractivity contribution in [2.45, 2.75) is 59.3 Å². The van der Waals surface area contributed by atoms with Crippen LogP contribution in [-0.2, 0) is 15.5 Å². The van der Waals surface area contributed by atoms with Gasteiger partial charge >= 0.3 is 0 Å². The topological polar surface area (TPSA) is 66.4 Å². The van der Waals surface area contributed by atoms with Crippen LogP contribution in [0.15, 0.2) is 36.4 Å². The van der Waals surface area contributed by atoms with Gasteiger partial charge < -0.3 is 5.32 Å². The van der Waals surface area contributed by atoms with Crippen LogP contribution in [-0.4, -0.2) is 25.3 Å². The van der Waals surface area contributed by atoms with Gasteiger partial charge in [0, 0.05) is 12.2 Å². The summed E-state index contributed by atoms with van der Waals surface area (Å²) in [5.41, 5.74) is 2.45. The van der Waals surface area contributed by atoms with Crippen LogP contribution in [0.2, 0.25) is 0 Å². The summed E-state index contributed by atoms with van der Waals surface area (Å²) in [6.45, 7) is 11.4. The molecule has 0 spiro atoms. The van der Waals surface area contributed by atoms with Crippen molar-refractivity contribution in [3.05, 3.63) is 42.0 Å². The fourth-order valence-electron chi connectivity index (χ4n) is 2.96. The average molecular weight is 380 g/mol. The highest BCUT2D eigenvalue weighted by Gasteiger charge is 2.24. The molecule has 0 atom stereocenters. The van der Waals surface area contributed by atoms with E-state index in [4.69, 9.17) is 4.55 Å². The summed E-state index contributed by atoms with van der Waals surface area (Å²) in [6, 6.07) is 12.6. The molecule has 26 heavy (non-hydrogen) atoms. The van der Waals surface area contributed by atoms with E-state index in [2.05, 4.69) is 56.4 Å². The molecule has 0 radical (unpaired) electrons. The Bertz CT molecular complexity index is 798. The second-order valence-corrected chi connectivity index (χ2v) is 8.44. The van der Waals surface area contributed by atoms with Crippen LogP contribution in [0.3, 0.4) is 0 Å². The van der Waals surface area contributed by atoms with E-state index in [1.54, 1.807) is 0 Å². The van der Waals surface area contributed by atoms with Crippen molar-refractivity contribution in [1.29, 1.82) is 0 Å². The molecule has 0 aliphatic carbocycles. The van der Waals surface area contributed by atoms with Crippen molar-refractivity contribution < 1.29 is 13.0 Å². The number of fused-ring (bicyclic) bond motifs is 1. The van der Waals surface area contributed by atoms with Gasteiger partial charge in [-0.05, 0) is 47.1 Å². The Balaban J connectivity index is 0.00000163. The van der Waals surface area contributed by atoms with E-state index in [0.29, 0.717) is 19.4 Å². The lowest BCUT2D eigenvalue weighted by atomic mass is 9.78. The highest BCUT2D eigenvalue weighted by Crippen LogP contribution is 2.38. The first-order valence-corrected chi connectivity index (χ1v) is 11.1. The minimum atomic E-state index is -3.86. The zero-order valence-corrected chi connectivity index (χ0v) is 17.5. The molecule has 2 aromatic carbocycles. The first kappa shape index (κ1) is 22.5. The van der Waals surface area contributed by atoms with Crippen LogP contribution >= 0.6 is 0 Å². The van der Waals surface area contributed by atoms with E-state index in [0.717, 1.165) is 12.1 Å². The molecular formula is C21H33NO3S. The summed E-state index contributed by atoms with van der Waals surface area (Å²) in [4.78, 5) is 0. The SMILES string of the molecule is CC.CCC(C)(C)c1c(NCCCCS(=O)(=O)O)ccc2ccccc12.